The molecule has 0 saturated heterocycles. The second-order valence-electron chi connectivity index (χ2n) is 7.96. The Bertz CT molecular complexity index is 1110. The lowest BCUT2D eigenvalue weighted by Gasteiger charge is -2.41. The smallest absolute Gasteiger partial charge is 0.306 e. The highest BCUT2D eigenvalue weighted by Gasteiger charge is 2.46. The van der Waals surface area contributed by atoms with Crippen molar-refractivity contribution in [2.75, 3.05) is 6.54 Å². The summed E-state index contributed by atoms with van der Waals surface area (Å²) < 4.78 is 2.00. The van der Waals surface area contributed by atoms with Crippen molar-refractivity contribution in [2.24, 2.45) is 5.92 Å². The Morgan fingerprint density at radius 1 is 1.21 bits per heavy atom. The van der Waals surface area contributed by atoms with Crippen LogP contribution in [-0.4, -0.2) is 43.8 Å². The van der Waals surface area contributed by atoms with Crippen LogP contribution in [0.25, 0.3) is 16.7 Å². The first-order chi connectivity index (χ1) is 13.8. The molecule has 3 aromatic rings. The van der Waals surface area contributed by atoms with E-state index in [0.717, 1.165) is 22.3 Å². The summed E-state index contributed by atoms with van der Waals surface area (Å²) in [6.45, 7) is 4.12. The van der Waals surface area contributed by atoms with Crippen LogP contribution in [0.2, 0.25) is 0 Å². The van der Waals surface area contributed by atoms with Crippen LogP contribution < -0.4 is 5.32 Å². The topological polar surface area (TPSA) is 104 Å². The number of imidazole rings is 1. The van der Waals surface area contributed by atoms with Crippen LogP contribution in [0.5, 0.6) is 0 Å². The van der Waals surface area contributed by atoms with Gasteiger partial charge in [-0.1, -0.05) is 12.1 Å². The standard InChI is InChI=1S/C22H23N3O4/c1-13-3-4-14(2)19(7-13)25-12-24-17-8-15(5-6-18(17)25)20(26)23-11-22(29)9-16(10-22)21(27)28/h3-8,12,16,29H,9-11H2,1-2H3,(H,23,26)(H,27,28). The van der Waals surface area contributed by atoms with E-state index in [0.29, 0.717) is 11.1 Å². The predicted octanol–water partition coefficient (Wildman–Crippen LogP) is 2.60. The van der Waals surface area contributed by atoms with Crippen LogP contribution in [0.4, 0.5) is 0 Å². The van der Waals surface area contributed by atoms with Crippen LogP contribution in [0.1, 0.15) is 34.3 Å². The lowest BCUT2D eigenvalue weighted by molar-refractivity contribution is -0.157. The van der Waals surface area contributed by atoms with E-state index in [1.54, 1.807) is 18.5 Å². The van der Waals surface area contributed by atoms with Gasteiger partial charge in [0.15, 0.2) is 0 Å². The molecule has 4 rings (SSSR count). The van der Waals surface area contributed by atoms with Crippen LogP contribution in [0, 0.1) is 19.8 Å². The third-order valence-corrected chi connectivity index (χ3v) is 5.61. The summed E-state index contributed by atoms with van der Waals surface area (Å²) in [6.07, 6.45) is 2.06. The number of rotatable bonds is 5. The molecule has 1 aliphatic carbocycles. The number of aliphatic hydroxyl groups is 1. The molecule has 0 atom stereocenters. The van der Waals surface area contributed by atoms with Crippen molar-refractivity contribution >= 4 is 22.9 Å². The molecule has 1 heterocycles. The zero-order valence-electron chi connectivity index (χ0n) is 16.3. The lowest BCUT2D eigenvalue weighted by Crippen LogP contribution is -2.54. The molecule has 0 bridgehead atoms. The van der Waals surface area contributed by atoms with Gasteiger partial charge in [0.1, 0.15) is 6.33 Å². The summed E-state index contributed by atoms with van der Waals surface area (Å²) in [4.78, 5) is 27.8. The number of nitrogens with one attached hydrogen (secondary N) is 1. The minimum Gasteiger partial charge on any atom is -0.481 e. The number of amides is 1. The van der Waals surface area contributed by atoms with Crippen molar-refractivity contribution in [3.8, 4) is 5.69 Å². The van der Waals surface area contributed by atoms with Crippen molar-refractivity contribution in [3.63, 3.8) is 0 Å². The van der Waals surface area contributed by atoms with E-state index < -0.39 is 17.5 Å². The normalized spacial score (nSPS) is 21.0. The molecule has 1 aromatic heterocycles. The summed E-state index contributed by atoms with van der Waals surface area (Å²) >= 11 is 0. The Balaban J connectivity index is 1.51. The first-order valence-electron chi connectivity index (χ1n) is 9.54. The van der Waals surface area contributed by atoms with E-state index in [4.69, 9.17) is 5.11 Å². The molecule has 3 N–H and O–H groups in total. The molecule has 1 fully saturated rings. The highest BCUT2D eigenvalue weighted by Crippen LogP contribution is 2.37. The number of hydrogen-bond acceptors (Lipinski definition) is 4. The van der Waals surface area contributed by atoms with Gasteiger partial charge < -0.3 is 15.5 Å². The average Bonchev–Trinajstić information content (AvgIpc) is 3.08. The molecule has 0 spiro atoms. The third kappa shape index (κ3) is 3.61. The van der Waals surface area contributed by atoms with Gasteiger partial charge in [-0.25, -0.2) is 4.98 Å². The lowest BCUT2D eigenvalue weighted by atomic mass is 9.71. The molecule has 1 aliphatic rings. The zero-order chi connectivity index (χ0) is 20.8. The number of carbonyl (C=O) groups excluding carboxylic acids is 1. The molecule has 0 aliphatic heterocycles. The molecular weight excluding hydrogens is 370 g/mol. The number of carboxylic acids is 1. The van der Waals surface area contributed by atoms with E-state index in [9.17, 15) is 14.7 Å². The largest absolute Gasteiger partial charge is 0.481 e. The van der Waals surface area contributed by atoms with E-state index in [-0.39, 0.29) is 25.3 Å². The molecule has 1 amide bonds. The first kappa shape index (κ1) is 19.1. The SMILES string of the molecule is Cc1ccc(C)c(-n2cnc3cc(C(=O)NCC4(O)CC(C(=O)O)C4)ccc32)c1. The minimum absolute atomic E-state index is 0.0323. The molecule has 2 aromatic carbocycles. The first-order valence-corrected chi connectivity index (χ1v) is 9.54. The monoisotopic (exact) mass is 393 g/mol. The summed E-state index contributed by atoms with van der Waals surface area (Å²) in [5.74, 6) is -1.77. The Hall–Kier alpha value is -3.19. The Morgan fingerprint density at radius 3 is 2.69 bits per heavy atom. The van der Waals surface area contributed by atoms with E-state index in [1.807, 2.05) is 24.5 Å². The number of nitrogens with zero attached hydrogens (tertiary/aromatic N) is 2. The van der Waals surface area contributed by atoms with Crippen molar-refractivity contribution < 1.29 is 19.8 Å². The van der Waals surface area contributed by atoms with Crippen LogP contribution in [0.15, 0.2) is 42.7 Å². The molecule has 1 saturated carbocycles. The molecular formula is C22H23N3O4. The highest BCUT2D eigenvalue weighted by molar-refractivity contribution is 5.97. The van der Waals surface area contributed by atoms with Gasteiger partial charge in [-0.05, 0) is 62.1 Å². The number of fused-ring (bicyclic) bond motifs is 1. The van der Waals surface area contributed by atoms with Gasteiger partial charge in [-0.2, -0.15) is 0 Å². The fraction of sp³-hybridized carbons (Fsp3) is 0.318. The summed E-state index contributed by atoms with van der Waals surface area (Å²) in [7, 11) is 0. The quantitative estimate of drug-likeness (QED) is 0.618. The summed E-state index contributed by atoms with van der Waals surface area (Å²) in [5.41, 5.74) is 4.23. The fourth-order valence-electron chi connectivity index (χ4n) is 3.85. The van der Waals surface area contributed by atoms with E-state index in [2.05, 4.69) is 28.5 Å². The Labute approximate surface area is 168 Å². The second kappa shape index (κ2) is 7.00. The third-order valence-electron chi connectivity index (χ3n) is 5.61. The van der Waals surface area contributed by atoms with Crippen molar-refractivity contribution in [1.29, 1.82) is 0 Å². The van der Waals surface area contributed by atoms with E-state index >= 15 is 0 Å². The van der Waals surface area contributed by atoms with Gasteiger partial charge in [0.25, 0.3) is 5.91 Å². The highest BCUT2D eigenvalue weighted by atomic mass is 16.4. The predicted molar refractivity (Wildman–Crippen MR) is 108 cm³/mol. The van der Waals surface area contributed by atoms with Gasteiger partial charge in [-0.15, -0.1) is 0 Å². The molecule has 150 valence electrons. The average molecular weight is 393 g/mol. The van der Waals surface area contributed by atoms with Crippen molar-refractivity contribution in [3.05, 3.63) is 59.4 Å². The maximum atomic E-state index is 12.5. The molecule has 7 nitrogen and oxygen atoms in total. The number of carbonyl (C=O) groups is 2. The van der Waals surface area contributed by atoms with Crippen molar-refractivity contribution in [1.82, 2.24) is 14.9 Å². The molecule has 7 heteroatoms. The molecule has 29 heavy (non-hydrogen) atoms. The van der Waals surface area contributed by atoms with Crippen LogP contribution >= 0.6 is 0 Å². The van der Waals surface area contributed by atoms with Gasteiger partial charge in [0.05, 0.1) is 28.2 Å². The Kier molecular flexibility index (Phi) is 4.62. The van der Waals surface area contributed by atoms with Crippen LogP contribution in [0.3, 0.4) is 0 Å². The van der Waals surface area contributed by atoms with Gasteiger partial charge in [-0.3, -0.25) is 14.2 Å². The molecule has 0 unspecified atom stereocenters. The number of aromatic nitrogens is 2. The zero-order valence-corrected chi connectivity index (χ0v) is 16.3. The Morgan fingerprint density at radius 2 is 1.97 bits per heavy atom. The maximum absolute atomic E-state index is 12.5. The van der Waals surface area contributed by atoms with Gasteiger partial charge >= 0.3 is 5.97 Å². The maximum Gasteiger partial charge on any atom is 0.306 e. The van der Waals surface area contributed by atoms with Gasteiger partial charge in [0.2, 0.25) is 0 Å². The van der Waals surface area contributed by atoms with Crippen LogP contribution in [-0.2, 0) is 4.79 Å². The molecule has 0 radical (unpaired) electrons. The number of carboxylic acid groups (broad SMARTS) is 1. The number of aliphatic carboxylic acids is 1. The fourth-order valence-corrected chi connectivity index (χ4v) is 3.85. The number of benzene rings is 2. The van der Waals surface area contributed by atoms with Gasteiger partial charge in [0, 0.05) is 12.1 Å². The second-order valence-corrected chi connectivity index (χ2v) is 7.96. The summed E-state index contributed by atoms with van der Waals surface area (Å²) in [5, 5.41) is 21.9. The number of hydrogen-bond donors (Lipinski definition) is 3. The number of aryl methyl sites for hydroxylation is 2. The van der Waals surface area contributed by atoms with E-state index in [1.165, 1.54) is 0 Å². The summed E-state index contributed by atoms with van der Waals surface area (Å²) in [6, 6.07) is 11.5. The van der Waals surface area contributed by atoms with Crippen molar-refractivity contribution in [2.45, 2.75) is 32.3 Å². The minimum atomic E-state index is -1.15.